The summed E-state index contributed by atoms with van der Waals surface area (Å²) in [5.74, 6) is 1.52. The Labute approximate surface area is 141 Å². The van der Waals surface area contributed by atoms with E-state index < -0.39 is 0 Å². The van der Waals surface area contributed by atoms with E-state index in [1.165, 1.54) is 0 Å². The lowest BCUT2D eigenvalue weighted by molar-refractivity contribution is 0.0934. The van der Waals surface area contributed by atoms with Crippen LogP contribution in [0.5, 0.6) is 5.75 Å². The fraction of sp³-hybridized carbons (Fsp3) is 0.333. The summed E-state index contributed by atoms with van der Waals surface area (Å²) in [6.07, 6.45) is 3.90. The molecule has 4 N–H and O–H groups in total. The van der Waals surface area contributed by atoms with Gasteiger partial charge in [0.1, 0.15) is 11.6 Å². The van der Waals surface area contributed by atoms with E-state index >= 15 is 0 Å². The number of hydrogen-bond donors (Lipinski definition) is 3. The molecule has 0 saturated heterocycles. The second-order valence-electron chi connectivity index (χ2n) is 5.88. The van der Waals surface area contributed by atoms with Crippen molar-refractivity contribution in [3.8, 4) is 5.75 Å². The fourth-order valence-electron chi connectivity index (χ4n) is 2.68. The Kier molecular flexibility index (Phi) is 4.96. The Morgan fingerprint density at radius 2 is 2.12 bits per heavy atom. The number of carbonyl (C=O) groups excluding carboxylic acids is 1. The first-order chi connectivity index (χ1) is 11.7. The van der Waals surface area contributed by atoms with E-state index in [4.69, 9.17) is 10.5 Å². The summed E-state index contributed by atoms with van der Waals surface area (Å²) in [7, 11) is 1.61. The SMILES string of the molecule is COc1ccccc1Nc1ncccc1C(=O)NC(CN)C1CC1. The number of anilines is 2. The zero-order valence-electron chi connectivity index (χ0n) is 13.7. The monoisotopic (exact) mass is 326 g/mol. The maximum absolute atomic E-state index is 12.6. The van der Waals surface area contributed by atoms with Crippen LogP contribution in [0.25, 0.3) is 0 Å². The summed E-state index contributed by atoms with van der Waals surface area (Å²) in [6, 6.07) is 11.0. The van der Waals surface area contributed by atoms with Gasteiger partial charge in [0.05, 0.1) is 18.4 Å². The Morgan fingerprint density at radius 1 is 1.33 bits per heavy atom. The standard InChI is InChI=1S/C18H22N4O2/c1-24-16-7-3-2-6-14(16)21-17-13(5-4-10-20-17)18(23)22-15(11-19)12-8-9-12/h2-7,10,12,15H,8-9,11,19H2,1H3,(H,20,21)(H,22,23). The highest BCUT2D eigenvalue weighted by Crippen LogP contribution is 2.32. The fourth-order valence-corrected chi connectivity index (χ4v) is 2.68. The van der Waals surface area contributed by atoms with Gasteiger partial charge in [0.2, 0.25) is 0 Å². The Morgan fingerprint density at radius 3 is 2.83 bits per heavy atom. The van der Waals surface area contributed by atoms with Crippen molar-refractivity contribution in [3.63, 3.8) is 0 Å². The number of hydrogen-bond acceptors (Lipinski definition) is 5. The molecule has 1 saturated carbocycles. The molecule has 24 heavy (non-hydrogen) atoms. The average molecular weight is 326 g/mol. The summed E-state index contributed by atoms with van der Waals surface area (Å²) in [5, 5.41) is 6.21. The van der Waals surface area contributed by atoms with Crippen LogP contribution in [0.2, 0.25) is 0 Å². The number of amides is 1. The number of ether oxygens (including phenoxy) is 1. The smallest absolute Gasteiger partial charge is 0.255 e. The van der Waals surface area contributed by atoms with Crippen LogP contribution in [-0.4, -0.2) is 30.6 Å². The molecule has 0 spiro atoms. The number of aromatic nitrogens is 1. The van der Waals surface area contributed by atoms with E-state index in [2.05, 4.69) is 15.6 Å². The molecule has 0 radical (unpaired) electrons. The number of rotatable bonds is 7. The maximum atomic E-state index is 12.6. The lowest BCUT2D eigenvalue weighted by Crippen LogP contribution is -2.41. The number of para-hydroxylation sites is 2. The lowest BCUT2D eigenvalue weighted by Gasteiger charge is -2.18. The van der Waals surface area contributed by atoms with Crippen LogP contribution in [0.3, 0.4) is 0 Å². The van der Waals surface area contributed by atoms with E-state index in [1.807, 2.05) is 24.3 Å². The number of pyridine rings is 1. The van der Waals surface area contributed by atoms with Gasteiger partial charge < -0.3 is 21.1 Å². The molecular weight excluding hydrogens is 304 g/mol. The molecule has 126 valence electrons. The van der Waals surface area contributed by atoms with Crippen LogP contribution in [0.15, 0.2) is 42.6 Å². The number of nitrogens with zero attached hydrogens (tertiary/aromatic N) is 1. The number of nitrogens with two attached hydrogens (primary N) is 1. The summed E-state index contributed by atoms with van der Waals surface area (Å²) in [4.78, 5) is 16.9. The Bertz CT molecular complexity index is 716. The average Bonchev–Trinajstić information content (AvgIpc) is 3.45. The minimum atomic E-state index is -0.164. The van der Waals surface area contributed by atoms with E-state index in [0.717, 1.165) is 18.5 Å². The molecule has 1 fully saturated rings. The molecule has 0 aliphatic heterocycles. The highest BCUT2D eigenvalue weighted by Gasteiger charge is 2.31. The highest BCUT2D eigenvalue weighted by molar-refractivity contribution is 5.99. The summed E-state index contributed by atoms with van der Waals surface area (Å²) in [6.45, 7) is 0.450. The van der Waals surface area contributed by atoms with Crippen LogP contribution in [0.4, 0.5) is 11.5 Å². The number of benzene rings is 1. The van der Waals surface area contributed by atoms with Gasteiger partial charge >= 0.3 is 0 Å². The summed E-state index contributed by atoms with van der Waals surface area (Å²) < 4.78 is 5.33. The van der Waals surface area contributed by atoms with Crippen LogP contribution >= 0.6 is 0 Å². The lowest BCUT2D eigenvalue weighted by atomic mass is 10.1. The second-order valence-corrected chi connectivity index (χ2v) is 5.88. The van der Waals surface area contributed by atoms with E-state index in [1.54, 1.807) is 25.4 Å². The molecule has 1 aliphatic carbocycles. The first-order valence-electron chi connectivity index (χ1n) is 8.09. The first kappa shape index (κ1) is 16.3. The molecule has 1 unspecified atom stereocenters. The Balaban J connectivity index is 1.81. The molecule has 3 rings (SSSR count). The van der Waals surface area contributed by atoms with Crippen LogP contribution in [0, 0.1) is 5.92 Å². The van der Waals surface area contributed by atoms with Gasteiger partial charge in [0.25, 0.3) is 5.91 Å². The molecule has 1 amide bonds. The summed E-state index contributed by atoms with van der Waals surface area (Å²) in [5.41, 5.74) is 7.02. The number of nitrogens with one attached hydrogen (secondary N) is 2. The maximum Gasteiger partial charge on any atom is 0.255 e. The molecular formula is C18H22N4O2. The zero-order valence-corrected chi connectivity index (χ0v) is 13.7. The van der Waals surface area contributed by atoms with Crippen molar-refractivity contribution >= 4 is 17.4 Å². The van der Waals surface area contributed by atoms with Crippen molar-refractivity contribution in [1.82, 2.24) is 10.3 Å². The van der Waals surface area contributed by atoms with Crippen molar-refractivity contribution in [1.29, 1.82) is 0 Å². The van der Waals surface area contributed by atoms with Gasteiger partial charge in [-0.25, -0.2) is 4.98 Å². The number of carbonyl (C=O) groups is 1. The van der Waals surface area contributed by atoms with Gasteiger partial charge in [-0.15, -0.1) is 0 Å². The zero-order chi connectivity index (χ0) is 16.9. The topological polar surface area (TPSA) is 89.3 Å². The highest BCUT2D eigenvalue weighted by atomic mass is 16.5. The molecule has 1 aromatic carbocycles. The van der Waals surface area contributed by atoms with Gasteiger partial charge in [0.15, 0.2) is 0 Å². The molecule has 1 heterocycles. The third kappa shape index (κ3) is 3.65. The van der Waals surface area contributed by atoms with Crippen molar-refractivity contribution in [2.75, 3.05) is 19.0 Å². The van der Waals surface area contributed by atoms with E-state index in [-0.39, 0.29) is 11.9 Å². The van der Waals surface area contributed by atoms with Crippen molar-refractivity contribution in [3.05, 3.63) is 48.2 Å². The molecule has 1 aliphatic rings. The first-order valence-corrected chi connectivity index (χ1v) is 8.09. The van der Waals surface area contributed by atoms with Gasteiger partial charge in [0, 0.05) is 18.8 Å². The van der Waals surface area contributed by atoms with Crippen LogP contribution < -0.4 is 21.1 Å². The Hall–Kier alpha value is -2.60. The third-order valence-corrected chi connectivity index (χ3v) is 4.17. The van der Waals surface area contributed by atoms with Crippen LogP contribution in [-0.2, 0) is 0 Å². The third-order valence-electron chi connectivity index (χ3n) is 4.17. The van der Waals surface area contributed by atoms with Gasteiger partial charge in [-0.2, -0.15) is 0 Å². The molecule has 0 bridgehead atoms. The molecule has 6 nitrogen and oxygen atoms in total. The predicted molar refractivity (Wildman–Crippen MR) is 93.5 cm³/mol. The minimum absolute atomic E-state index is 0.0248. The molecule has 2 aromatic rings. The normalized spacial score (nSPS) is 14.8. The van der Waals surface area contributed by atoms with E-state index in [9.17, 15) is 4.79 Å². The largest absolute Gasteiger partial charge is 0.495 e. The van der Waals surface area contributed by atoms with Gasteiger partial charge in [-0.3, -0.25) is 4.79 Å². The van der Waals surface area contributed by atoms with Gasteiger partial charge in [-0.1, -0.05) is 12.1 Å². The van der Waals surface area contributed by atoms with Crippen molar-refractivity contribution < 1.29 is 9.53 Å². The molecule has 1 aromatic heterocycles. The molecule has 6 heteroatoms. The van der Waals surface area contributed by atoms with Gasteiger partial charge in [-0.05, 0) is 43.0 Å². The summed E-state index contributed by atoms with van der Waals surface area (Å²) >= 11 is 0. The van der Waals surface area contributed by atoms with Crippen molar-refractivity contribution in [2.45, 2.75) is 18.9 Å². The number of methoxy groups -OCH3 is 1. The second kappa shape index (κ2) is 7.31. The molecule has 1 atom stereocenters. The quantitative estimate of drug-likeness (QED) is 0.726. The van der Waals surface area contributed by atoms with E-state index in [0.29, 0.717) is 29.6 Å². The minimum Gasteiger partial charge on any atom is -0.495 e. The van der Waals surface area contributed by atoms with Crippen LogP contribution in [0.1, 0.15) is 23.2 Å². The van der Waals surface area contributed by atoms with Crippen molar-refractivity contribution in [2.24, 2.45) is 11.7 Å². The predicted octanol–water partition coefficient (Wildman–Crippen LogP) is 2.30.